The van der Waals surface area contributed by atoms with Gasteiger partial charge in [0.1, 0.15) is 5.82 Å². The van der Waals surface area contributed by atoms with Gasteiger partial charge in [0.05, 0.1) is 11.5 Å². The van der Waals surface area contributed by atoms with Gasteiger partial charge in [0.15, 0.2) is 0 Å². The van der Waals surface area contributed by atoms with E-state index in [0.29, 0.717) is 25.4 Å². The van der Waals surface area contributed by atoms with Crippen LogP contribution in [0.3, 0.4) is 0 Å². The molecule has 0 atom stereocenters. The maximum absolute atomic E-state index is 11.4. The van der Waals surface area contributed by atoms with E-state index in [4.69, 9.17) is 4.74 Å². The Morgan fingerprint density at radius 1 is 1.27 bits per heavy atom. The van der Waals surface area contributed by atoms with E-state index in [1.807, 2.05) is 20.8 Å². The fraction of sp³-hybridized carbons (Fsp3) is 0.733. The van der Waals surface area contributed by atoms with Gasteiger partial charge in [0, 0.05) is 13.0 Å². The molecular weight excluding hydrogens is 284 g/mol. The monoisotopic (exact) mass is 310 g/mol. The average Bonchev–Trinajstić information content (AvgIpc) is 2.45. The minimum atomic E-state index is -0.473. The summed E-state index contributed by atoms with van der Waals surface area (Å²) in [6, 6.07) is 0. The highest BCUT2D eigenvalue weighted by Gasteiger charge is 2.26. The molecule has 1 heterocycles. The molecule has 0 aliphatic heterocycles. The Bertz CT molecular complexity index is 492. The molecule has 0 saturated heterocycles. The molecule has 1 aromatic rings. The molecular formula is C15H26N4O3. The van der Waals surface area contributed by atoms with Crippen molar-refractivity contribution < 1.29 is 9.66 Å². The van der Waals surface area contributed by atoms with Gasteiger partial charge in [-0.05, 0) is 18.8 Å². The van der Waals surface area contributed by atoms with Crippen LogP contribution in [0.2, 0.25) is 0 Å². The first kappa shape index (κ1) is 18.1. The Kier molecular flexibility index (Phi) is 7.56. The maximum atomic E-state index is 11.4. The molecule has 1 rings (SSSR count). The molecule has 0 bridgehead atoms. The third-order valence-corrected chi connectivity index (χ3v) is 2.93. The molecule has 0 aromatic carbocycles. The molecule has 0 unspecified atom stereocenters. The van der Waals surface area contributed by atoms with E-state index in [0.717, 1.165) is 19.3 Å². The predicted molar refractivity (Wildman–Crippen MR) is 86.4 cm³/mol. The van der Waals surface area contributed by atoms with Crippen LogP contribution in [0, 0.1) is 16.0 Å². The number of aromatic nitrogens is 2. The number of anilines is 1. The molecule has 1 aromatic heterocycles. The van der Waals surface area contributed by atoms with Gasteiger partial charge in [-0.1, -0.05) is 34.1 Å². The van der Waals surface area contributed by atoms with E-state index in [1.54, 1.807) is 0 Å². The number of unbranched alkanes of at least 4 members (excludes halogenated alkanes) is 1. The standard InChI is InChI=1S/C15H26N4O3/c1-5-7-9-16-14-13(19(20)21)15(22-10-11(3)4)18-12(17-14)8-6-2/h11H,5-10H2,1-4H3,(H,16,17,18). The summed E-state index contributed by atoms with van der Waals surface area (Å²) >= 11 is 0. The lowest BCUT2D eigenvalue weighted by Gasteiger charge is -2.12. The van der Waals surface area contributed by atoms with E-state index < -0.39 is 4.92 Å². The van der Waals surface area contributed by atoms with Crippen LogP contribution in [0.5, 0.6) is 5.88 Å². The summed E-state index contributed by atoms with van der Waals surface area (Å²) in [5, 5.41) is 14.4. The van der Waals surface area contributed by atoms with Crippen LogP contribution in [0.1, 0.15) is 52.8 Å². The van der Waals surface area contributed by atoms with Crippen LogP contribution < -0.4 is 10.1 Å². The Hall–Kier alpha value is -1.92. The third kappa shape index (κ3) is 5.46. The maximum Gasteiger partial charge on any atom is 0.372 e. The number of rotatable bonds is 10. The van der Waals surface area contributed by atoms with Crippen molar-refractivity contribution in [1.29, 1.82) is 0 Å². The molecule has 0 aliphatic rings. The van der Waals surface area contributed by atoms with Crippen LogP contribution in [0.15, 0.2) is 0 Å². The topological polar surface area (TPSA) is 90.2 Å². The Balaban J connectivity index is 3.15. The van der Waals surface area contributed by atoms with E-state index in [2.05, 4.69) is 22.2 Å². The zero-order chi connectivity index (χ0) is 16.5. The molecule has 124 valence electrons. The molecule has 0 saturated carbocycles. The van der Waals surface area contributed by atoms with Crippen molar-refractivity contribution in [1.82, 2.24) is 9.97 Å². The predicted octanol–water partition coefficient (Wildman–Crippen LogP) is 3.58. The Morgan fingerprint density at radius 2 is 2.00 bits per heavy atom. The quantitative estimate of drug-likeness (QED) is 0.403. The summed E-state index contributed by atoms with van der Waals surface area (Å²) in [4.78, 5) is 19.5. The van der Waals surface area contributed by atoms with Gasteiger partial charge in [-0.25, -0.2) is 4.98 Å². The first-order valence-electron chi connectivity index (χ1n) is 7.91. The molecule has 22 heavy (non-hydrogen) atoms. The Morgan fingerprint density at radius 3 is 2.55 bits per heavy atom. The lowest BCUT2D eigenvalue weighted by atomic mass is 10.2. The molecule has 0 aliphatic carbocycles. The number of ether oxygens (including phenoxy) is 1. The van der Waals surface area contributed by atoms with Crippen LogP contribution in [0.25, 0.3) is 0 Å². The molecule has 0 amide bonds. The van der Waals surface area contributed by atoms with Gasteiger partial charge >= 0.3 is 5.69 Å². The summed E-state index contributed by atoms with van der Waals surface area (Å²) in [7, 11) is 0. The molecule has 1 N–H and O–H groups in total. The first-order valence-corrected chi connectivity index (χ1v) is 7.91. The highest BCUT2D eigenvalue weighted by Crippen LogP contribution is 2.32. The van der Waals surface area contributed by atoms with Gasteiger partial charge in [-0.15, -0.1) is 0 Å². The zero-order valence-corrected chi connectivity index (χ0v) is 13.9. The van der Waals surface area contributed by atoms with Crippen molar-refractivity contribution in [2.24, 2.45) is 5.92 Å². The molecule has 0 fully saturated rings. The summed E-state index contributed by atoms with van der Waals surface area (Å²) in [6.07, 6.45) is 3.46. The number of hydrogen-bond donors (Lipinski definition) is 1. The van der Waals surface area contributed by atoms with Crippen molar-refractivity contribution in [3.05, 3.63) is 15.9 Å². The van der Waals surface area contributed by atoms with Gasteiger partial charge in [0.2, 0.25) is 5.82 Å². The van der Waals surface area contributed by atoms with Crippen molar-refractivity contribution in [3.8, 4) is 5.88 Å². The van der Waals surface area contributed by atoms with Gasteiger partial charge in [-0.2, -0.15) is 4.98 Å². The van der Waals surface area contributed by atoms with Gasteiger partial charge < -0.3 is 10.1 Å². The van der Waals surface area contributed by atoms with E-state index in [9.17, 15) is 10.1 Å². The second kappa shape index (κ2) is 9.17. The first-order chi connectivity index (χ1) is 10.5. The molecule has 7 nitrogen and oxygen atoms in total. The lowest BCUT2D eigenvalue weighted by molar-refractivity contribution is -0.385. The van der Waals surface area contributed by atoms with Crippen LogP contribution >= 0.6 is 0 Å². The third-order valence-electron chi connectivity index (χ3n) is 2.93. The summed E-state index contributed by atoms with van der Waals surface area (Å²) in [5.41, 5.74) is -0.170. The molecule has 0 spiro atoms. The summed E-state index contributed by atoms with van der Waals surface area (Å²) in [6.45, 7) is 9.08. The van der Waals surface area contributed by atoms with Crippen LogP contribution in [-0.2, 0) is 6.42 Å². The second-order valence-electron chi connectivity index (χ2n) is 5.63. The molecule has 7 heteroatoms. The van der Waals surface area contributed by atoms with E-state index in [1.165, 1.54) is 0 Å². The highest BCUT2D eigenvalue weighted by molar-refractivity contribution is 5.61. The average molecular weight is 310 g/mol. The van der Waals surface area contributed by atoms with Crippen molar-refractivity contribution in [2.45, 2.75) is 53.4 Å². The lowest BCUT2D eigenvalue weighted by Crippen LogP contribution is -2.13. The minimum Gasteiger partial charge on any atom is -0.472 e. The van der Waals surface area contributed by atoms with E-state index in [-0.39, 0.29) is 23.3 Å². The fourth-order valence-electron chi connectivity index (χ4n) is 1.83. The van der Waals surface area contributed by atoms with E-state index >= 15 is 0 Å². The van der Waals surface area contributed by atoms with Crippen molar-refractivity contribution in [3.63, 3.8) is 0 Å². The molecule has 0 radical (unpaired) electrons. The highest BCUT2D eigenvalue weighted by atomic mass is 16.6. The summed E-state index contributed by atoms with van der Waals surface area (Å²) in [5.74, 6) is 1.17. The number of nitrogens with zero attached hydrogens (tertiary/aromatic N) is 3. The van der Waals surface area contributed by atoms with Crippen molar-refractivity contribution >= 4 is 11.5 Å². The number of aryl methyl sites for hydroxylation is 1. The van der Waals surface area contributed by atoms with Gasteiger partial charge in [0.25, 0.3) is 5.88 Å². The normalized spacial score (nSPS) is 10.8. The Labute approximate surface area is 131 Å². The smallest absolute Gasteiger partial charge is 0.372 e. The van der Waals surface area contributed by atoms with Gasteiger partial charge in [-0.3, -0.25) is 10.1 Å². The second-order valence-corrected chi connectivity index (χ2v) is 5.63. The SMILES string of the molecule is CCCCNc1nc(CCC)nc(OCC(C)C)c1[N+](=O)[O-]. The minimum absolute atomic E-state index is 0.0659. The van der Waals surface area contributed by atoms with Crippen LogP contribution in [-0.4, -0.2) is 28.0 Å². The number of hydrogen-bond acceptors (Lipinski definition) is 6. The number of nitro groups is 1. The summed E-state index contributed by atoms with van der Waals surface area (Å²) < 4.78 is 5.56. The zero-order valence-electron chi connectivity index (χ0n) is 13.9. The van der Waals surface area contributed by atoms with Crippen LogP contribution in [0.4, 0.5) is 11.5 Å². The largest absolute Gasteiger partial charge is 0.472 e. The number of nitrogens with one attached hydrogen (secondary N) is 1. The van der Waals surface area contributed by atoms with Crippen molar-refractivity contribution in [2.75, 3.05) is 18.5 Å². The fourth-order valence-corrected chi connectivity index (χ4v) is 1.83.